The van der Waals surface area contributed by atoms with Crippen LogP contribution in [0, 0.1) is 0 Å². The van der Waals surface area contributed by atoms with Gasteiger partial charge in [0.1, 0.15) is 0 Å². The van der Waals surface area contributed by atoms with Gasteiger partial charge in [-0.3, -0.25) is 9.59 Å². The van der Waals surface area contributed by atoms with Crippen molar-refractivity contribution < 1.29 is 23.9 Å². The van der Waals surface area contributed by atoms with E-state index in [0.717, 1.165) is 0 Å². The minimum Gasteiger partial charge on any atom is -0.470 e. The number of benzene rings is 1. The monoisotopic (exact) mass is 332 g/mol. The molecule has 0 unspecified atom stereocenters. The lowest BCUT2D eigenvalue weighted by Gasteiger charge is -2.18. The van der Waals surface area contributed by atoms with Gasteiger partial charge in [0.2, 0.25) is 11.7 Å². The molecule has 2 rings (SSSR count). The van der Waals surface area contributed by atoms with E-state index in [-0.39, 0.29) is 24.0 Å². The molecule has 1 N–H and O–H groups in total. The average Bonchev–Trinajstić information content (AvgIpc) is 2.95. The summed E-state index contributed by atoms with van der Waals surface area (Å²) < 4.78 is 10.2. The van der Waals surface area contributed by atoms with E-state index in [9.17, 15) is 14.4 Å². The second-order valence-corrected chi connectivity index (χ2v) is 5.05. The van der Waals surface area contributed by atoms with Crippen molar-refractivity contribution in [3.05, 3.63) is 41.8 Å². The maximum Gasteiger partial charge on any atom is 0.347 e. The first-order valence-corrected chi connectivity index (χ1v) is 7.74. The molecule has 24 heavy (non-hydrogen) atoms. The third kappa shape index (κ3) is 4.13. The molecule has 0 saturated carbocycles. The Balaban J connectivity index is 2.06. The molecule has 0 atom stereocenters. The Hall–Kier alpha value is -2.83. The maximum absolute atomic E-state index is 12.2. The molecule has 1 heterocycles. The van der Waals surface area contributed by atoms with Crippen LogP contribution in [0.15, 0.2) is 41.8 Å². The minimum atomic E-state index is -0.864. The first kappa shape index (κ1) is 17.5. The Labute approximate surface area is 140 Å². The summed E-state index contributed by atoms with van der Waals surface area (Å²) >= 11 is 0. The number of carbonyl (C=O) groups is 3. The second-order valence-electron chi connectivity index (χ2n) is 5.05. The zero-order valence-electron chi connectivity index (χ0n) is 13.7. The molecule has 0 saturated heterocycles. The van der Waals surface area contributed by atoms with Crippen molar-refractivity contribution in [3.63, 3.8) is 0 Å². The van der Waals surface area contributed by atoms with Crippen LogP contribution in [-0.4, -0.2) is 48.9 Å². The van der Waals surface area contributed by atoms with E-state index in [4.69, 9.17) is 9.47 Å². The molecular weight excluding hydrogens is 312 g/mol. The van der Waals surface area contributed by atoms with Crippen LogP contribution in [0.3, 0.4) is 0 Å². The average molecular weight is 332 g/mol. The number of nitrogens with one attached hydrogen (secondary N) is 1. The Morgan fingerprint density at radius 1 is 1.21 bits per heavy atom. The molecule has 1 aromatic carbocycles. The Bertz CT molecular complexity index is 650. The SMILES string of the molecule is CCN(CC)C(=O)COC(=O)C1=C(Nc2ccccc2)OCC1=O. The highest BCUT2D eigenvalue weighted by Gasteiger charge is 2.33. The lowest BCUT2D eigenvalue weighted by molar-refractivity contribution is -0.149. The first-order valence-electron chi connectivity index (χ1n) is 7.74. The molecule has 1 amide bonds. The van der Waals surface area contributed by atoms with Crippen LogP contribution in [-0.2, 0) is 23.9 Å². The summed E-state index contributed by atoms with van der Waals surface area (Å²) in [4.78, 5) is 37.5. The molecule has 7 nitrogen and oxygen atoms in total. The topological polar surface area (TPSA) is 84.9 Å². The molecule has 0 bridgehead atoms. The van der Waals surface area contributed by atoms with Gasteiger partial charge >= 0.3 is 5.97 Å². The number of para-hydroxylation sites is 1. The standard InChI is InChI=1S/C17H20N2O5/c1-3-19(4-2)14(21)11-24-17(22)15-13(20)10-23-16(15)18-12-8-6-5-7-9-12/h5-9,18H,3-4,10-11H2,1-2H3. The zero-order valence-corrected chi connectivity index (χ0v) is 13.7. The van der Waals surface area contributed by atoms with Gasteiger partial charge in [0.15, 0.2) is 18.8 Å². The number of hydrogen-bond donors (Lipinski definition) is 1. The largest absolute Gasteiger partial charge is 0.470 e. The number of amides is 1. The predicted octanol–water partition coefficient (Wildman–Crippen LogP) is 1.32. The fraction of sp³-hybridized carbons (Fsp3) is 0.353. The lowest BCUT2D eigenvalue weighted by atomic mass is 10.2. The summed E-state index contributed by atoms with van der Waals surface area (Å²) in [7, 11) is 0. The van der Waals surface area contributed by atoms with Crippen molar-refractivity contribution in [2.45, 2.75) is 13.8 Å². The van der Waals surface area contributed by atoms with Crippen LogP contribution < -0.4 is 5.32 Å². The first-order chi connectivity index (χ1) is 11.6. The molecule has 0 fully saturated rings. The molecular formula is C17H20N2O5. The van der Waals surface area contributed by atoms with E-state index in [1.54, 1.807) is 24.3 Å². The van der Waals surface area contributed by atoms with Gasteiger partial charge in [-0.25, -0.2) is 4.79 Å². The summed E-state index contributed by atoms with van der Waals surface area (Å²) in [5, 5.41) is 2.88. The number of hydrogen-bond acceptors (Lipinski definition) is 6. The second kappa shape index (κ2) is 8.14. The quantitative estimate of drug-likeness (QED) is 0.599. The highest BCUT2D eigenvalue weighted by atomic mass is 16.5. The smallest absolute Gasteiger partial charge is 0.347 e. The van der Waals surface area contributed by atoms with Crippen molar-refractivity contribution in [3.8, 4) is 0 Å². The number of ketones is 1. The summed E-state index contributed by atoms with van der Waals surface area (Å²) in [6, 6.07) is 8.99. The summed E-state index contributed by atoms with van der Waals surface area (Å²) in [5.41, 5.74) is 0.470. The predicted molar refractivity (Wildman–Crippen MR) is 86.9 cm³/mol. The number of ether oxygens (including phenoxy) is 2. The Morgan fingerprint density at radius 2 is 1.88 bits per heavy atom. The van der Waals surface area contributed by atoms with E-state index < -0.39 is 18.4 Å². The number of Topliss-reactive ketones (excluding diaryl/α,β-unsaturated/α-hetero) is 1. The van der Waals surface area contributed by atoms with Crippen molar-refractivity contribution in [2.75, 3.05) is 31.6 Å². The number of carbonyl (C=O) groups excluding carboxylic acids is 3. The Kier molecular flexibility index (Phi) is 5.95. The van der Waals surface area contributed by atoms with Crippen LogP contribution in [0.4, 0.5) is 5.69 Å². The fourth-order valence-corrected chi connectivity index (χ4v) is 2.23. The van der Waals surface area contributed by atoms with E-state index in [2.05, 4.69) is 5.32 Å². The van der Waals surface area contributed by atoms with Gasteiger partial charge in [-0.1, -0.05) is 18.2 Å². The molecule has 0 spiro atoms. The molecule has 0 aliphatic carbocycles. The van der Waals surface area contributed by atoms with Crippen molar-refractivity contribution in [1.29, 1.82) is 0 Å². The van der Waals surface area contributed by atoms with Crippen LogP contribution in [0.5, 0.6) is 0 Å². The number of esters is 1. The molecule has 1 aliphatic rings. The van der Waals surface area contributed by atoms with Gasteiger partial charge in [0.25, 0.3) is 5.91 Å². The highest BCUT2D eigenvalue weighted by molar-refractivity contribution is 6.20. The third-order valence-corrected chi connectivity index (χ3v) is 3.53. The lowest BCUT2D eigenvalue weighted by Crippen LogP contribution is -2.34. The number of likely N-dealkylation sites (N-methyl/N-ethyl adjacent to an activating group) is 1. The van der Waals surface area contributed by atoms with Gasteiger partial charge in [-0.05, 0) is 26.0 Å². The maximum atomic E-state index is 12.2. The molecule has 1 aromatic rings. The van der Waals surface area contributed by atoms with Crippen LogP contribution in [0.2, 0.25) is 0 Å². The van der Waals surface area contributed by atoms with Crippen molar-refractivity contribution >= 4 is 23.3 Å². The van der Waals surface area contributed by atoms with Gasteiger partial charge in [-0.2, -0.15) is 0 Å². The summed E-state index contributed by atoms with van der Waals surface area (Å²) in [6.45, 7) is 4.08. The minimum absolute atomic E-state index is 0.0477. The van der Waals surface area contributed by atoms with Crippen molar-refractivity contribution in [1.82, 2.24) is 4.90 Å². The van der Waals surface area contributed by atoms with Gasteiger partial charge < -0.3 is 19.7 Å². The molecule has 0 radical (unpaired) electrons. The Morgan fingerprint density at radius 3 is 2.50 bits per heavy atom. The van der Waals surface area contributed by atoms with Crippen LogP contribution in [0.25, 0.3) is 0 Å². The number of anilines is 1. The molecule has 0 aromatic heterocycles. The number of rotatable bonds is 7. The van der Waals surface area contributed by atoms with Gasteiger partial charge in [0, 0.05) is 18.8 Å². The third-order valence-electron chi connectivity index (χ3n) is 3.53. The van der Waals surface area contributed by atoms with Gasteiger partial charge in [0.05, 0.1) is 0 Å². The van der Waals surface area contributed by atoms with Gasteiger partial charge in [-0.15, -0.1) is 0 Å². The molecule has 1 aliphatic heterocycles. The van der Waals surface area contributed by atoms with Crippen LogP contribution >= 0.6 is 0 Å². The number of nitrogens with zero attached hydrogens (tertiary/aromatic N) is 1. The van der Waals surface area contributed by atoms with E-state index in [1.807, 2.05) is 19.9 Å². The molecule has 7 heteroatoms. The zero-order chi connectivity index (χ0) is 17.5. The fourth-order valence-electron chi connectivity index (χ4n) is 2.23. The van der Waals surface area contributed by atoms with E-state index in [1.165, 1.54) is 4.90 Å². The summed E-state index contributed by atoms with van der Waals surface area (Å²) in [6.07, 6.45) is 0. The van der Waals surface area contributed by atoms with E-state index in [0.29, 0.717) is 18.8 Å². The van der Waals surface area contributed by atoms with E-state index >= 15 is 0 Å². The summed E-state index contributed by atoms with van der Waals surface area (Å²) in [5.74, 6) is -1.60. The normalized spacial score (nSPS) is 13.5. The highest BCUT2D eigenvalue weighted by Crippen LogP contribution is 2.20. The van der Waals surface area contributed by atoms with Crippen LogP contribution in [0.1, 0.15) is 13.8 Å². The van der Waals surface area contributed by atoms with Crippen molar-refractivity contribution in [2.24, 2.45) is 0 Å². The molecule has 128 valence electrons.